The molecule has 0 aliphatic heterocycles. The van der Waals surface area contributed by atoms with Crippen LogP contribution in [0.4, 0.5) is 10.1 Å². The number of hydrogen-bond acceptors (Lipinski definition) is 3. The summed E-state index contributed by atoms with van der Waals surface area (Å²) in [5.41, 5.74) is 0.633. The number of benzene rings is 1. The molecule has 0 atom stereocenters. The minimum atomic E-state index is -0.398. The van der Waals surface area contributed by atoms with E-state index in [0.29, 0.717) is 18.7 Å². The summed E-state index contributed by atoms with van der Waals surface area (Å²) >= 11 is 0. The van der Waals surface area contributed by atoms with Crippen LogP contribution in [-0.2, 0) is 0 Å². The monoisotopic (exact) mass is 295 g/mol. The minimum absolute atomic E-state index is 0.238. The molecule has 21 heavy (non-hydrogen) atoms. The Morgan fingerprint density at radius 3 is 2.62 bits per heavy atom. The molecule has 4 nitrogen and oxygen atoms in total. The van der Waals surface area contributed by atoms with Crippen molar-refractivity contribution >= 4 is 11.6 Å². The first-order valence-electron chi connectivity index (χ1n) is 7.66. The quantitative estimate of drug-likeness (QED) is 0.736. The number of anilines is 1. The predicted octanol–water partition coefficient (Wildman–Crippen LogP) is 2.72. The molecule has 118 valence electrons. The fourth-order valence-corrected chi connectivity index (χ4v) is 2.24. The fourth-order valence-electron chi connectivity index (χ4n) is 2.24. The van der Waals surface area contributed by atoms with Gasteiger partial charge in [0.05, 0.1) is 11.3 Å². The van der Waals surface area contributed by atoms with E-state index in [2.05, 4.69) is 29.4 Å². The van der Waals surface area contributed by atoms with Gasteiger partial charge in [0.15, 0.2) is 0 Å². The second kappa shape index (κ2) is 9.34. The van der Waals surface area contributed by atoms with Crippen molar-refractivity contribution in [3.8, 4) is 0 Å². The molecule has 0 aromatic heterocycles. The number of amides is 1. The lowest BCUT2D eigenvalue weighted by Crippen LogP contribution is -2.35. The Morgan fingerprint density at radius 1 is 1.24 bits per heavy atom. The number of rotatable bonds is 9. The van der Waals surface area contributed by atoms with Crippen LogP contribution in [0, 0.1) is 5.82 Å². The number of nitrogens with one attached hydrogen (secondary N) is 2. The van der Waals surface area contributed by atoms with Crippen LogP contribution in [0.2, 0.25) is 0 Å². The Labute approximate surface area is 126 Å². The van der Waals surface area contributed by atoms with E-state index >= 15 is 0 Å². The van der Waals surface area contributed by atoms with E-state index in [1.54, 1.807) is 12.1 Å². The summed E-state index contributed by atoms with van der Waals surface area (Å²) in [6.07, 6.45) is 1.09. The molecule has 5 heteroatoms. The van der Waals surface area contributed by atoms with Crippen LogP contribution in [0.15, 0.2) is 18.2 Å². The van der Waals surface area contributed by atoms with Gasteiger partial charge in [0, 0.05) is 19.6 Å². The third-order valence-corrected chi connectivity index (χ3v) is 3.31. The van der Waals surface area contributed by atoms with E-state index < -0.39 is 5.82 Å². The number of likely N-dealkylation sites (N-methyl/N-ethyl adjacent to an activating group) is 1. The number of nitrogens with zero attached hydrogens (tertiary/aromatic N) is 1. The van der Waals surface area contributed by atoms with Crippen LogP contribution in [-0.4, -0.2) is 43.5 Å². The van der Waals surface area contributed by atoms with Crippen LogP contribution in [0.5, 0.6) is 0 Å². The summed E-state index contributed by atoms with van der Waals surface area (Å²) < 4.78 is 13.8. The van der Waals surface area contributed by atoms with Crippen molar-refractivity contribution in [1.82, 2.24) is 10.2 Å². The van der Waals surface area contributed by atoms with Crippen molar-refractivity contribution < 1.29 is 9.18 Å². The second-order valence-corrected chi connectivity index (χ2v) is 4.88. The number of carbonyl (C=O) groups is 1. The van der Waals surface area contributed by atoms with E-state index in [9.17, 15) is 9.18 Å². The standard InChI is InChI=1S/C16H26FN3O/c1-4-11-20(6-3)12-10-19-16(21)13-8-7-9-14(17)15(13)18-5-2/h7-9,18H,4-6,10-12H2,1-3H3,(H,19,21). The first kappa shape index (κ1) is 17.4. The van der Waals surface area contributed by atoms with Gasteiger partial charge < -0.3 is 15.5 Å². The molecule has 1 aromatic carbocycles. The molecule has 2 N–H and O–H groups in total. The van der Waals surface area contributed by atoms with Gasteiger partial charge in [-0.1, -0.05) is 19.9 Å². The molecular formula is C16H26FN3O. The highest BCUT2D eigenvalue weighted by Gasteiger charge is 2.14. The molecular weight excluding hydrogens is 269 g/mol. The summed E-state index contributed by atoms with van der Waals surface area (Å²) in [5.74, 6) is -0.635. The van der Waals surface area contributed by atoms with E-state index in [4.69, 9.17) is 0 Å². The number of carbonyl (C=O) groups excluding carboxylic acids is 1. The van der Waals surface area contributed by atoms with Crippen LogP contribution in [0.1, 0.15) is 37.6 Å². The number of halogens is 1. The van der Waals surface area contributed by atoms with E-state index in [1.807, 2.05) is 6.92 Å². The van der Waals surface area contributed by atoms with Gasteiger partial charge in [0.25, 0.3) is 5.91 Å². The summed E-state index contributed by atoms with van der Waals surface area (Å²) in [4.78, 5) is 14.5. The Hall–Kier alpha value is -1.62. The molecule has 1 rings (SSSR count). The topological polar surface area (TPSA) is 44.4 Å². The number of hydrogen-bond donors (Lipinski definition) is 2. The molecule has 1 aromatic rings. The normalized spacial score (nSPS) is 10.7. The summed E-state index contributed by atoms with van der Waals surface area (Å²) in [6, 6.07) is 4.55. The second-order valence-electron chi connectivity index (χ2n) is 4.88. The molecule has 0 saturated carbocycles. The lowest BCUT2D eigenvalue weighted by molar-refractivity contribution is 0.0949. The Balaban J connectivity index is 2.61. The molecule has 0 aliphatic rings. The predicted molar refractivity (Wildman–Crippen MR) is 85.3 cm³/mol. The zero-order chi connectivity index (χ0) is 15.7. The smallest absolute Gasteiger partial charge is 0.253 e. The van der Waals surface area contributed by atoms with Gasteiger partial charge in [-0.15, -0.1) is 0 Å². The minimum Gasteiger partial charge on any atom is -0.382 e. The Morgan fingerprint density at radius 2 is 2.00 bits per heavy atom. The van der Waals surface area contributed by atoms with Crippen molar-refractivity contribution in [2.75, 3.05) is 38.0 Å². The summed E-state index contributed by atoms with van der Waals surface area (Å²) in [6.45, 7) is 10.0. The average molecular weight is 295 g/mol. The van der Waals surface area contributed by atoms with Crippen LogP contribution >= 0.6 is 0 Å². The molecule has 0 spiro atoms. The maximum absolute atomic E-state index is 13.8. The maximum atomic E-state index is 13.8. The van der Waals surface area contributed by atoms with Crippen LogP contribution < -0.4 is 10.6 Å². The van der Waals surface area contributed by atoms with Crippen molar-refractivity contribution in [2.45, 2.75) is 27.2 Å². The van der Waals surface area contributed by atoms with Gasteiger partial charge >= 0.3 is 0 Å². The lowest BCUT2D eigenvalue weighted by Gasteiger charge is -2.19. The Kier molecular flexibility index (Phi) is 7.75. The van der Waals surface area contributed by atoms with Crippen molar-refractivity contribution in [3.05, 3.63) is 29.6 Å². The number of para-hydroxylation sites is 1. The van der Waals surface area contributed by atoms with Gasteiger partial charge in [-0.25, -0.2) is 4.39 Å². The molecule has 0 fully saturated rings. The molecule has 0 radical (unpaired) electrons. The maximum Gasteiger partial charge on any atom is 0.253 e. The third-order valence-electron chi connectivity index (χ3n) is 3.31. The lowest BCUT2D eigenvalue weighted by atomic mass is 10.1. The molecule has 0 aliphatic carbocycles. The summed E-state index contributed by atoms with van der Waals surface area (Å²) in [7, 11) is 0. The first-order valence-corrected chi connectivity index (χ1v) is 7.66. The highest BCUT2D eigenvalue weighted by atomic mass is 19.1. The zero-order valence-electron chi connectivity index (χ0n) is 13.2. The van der Waals surface area contributed by atoms with Crippen LogP contribution in [0.3, 0.4) is 0 Å². The van der Waals surface area contributed by atoms with Gasteiger partial charge in [0.1, 0.15) is 5.82 Å². The van der Waals surface area contributed by atoms with Crippen molar-refractivity contribution in [1.29, 1.82) is 0 Å². The largest absolute Gasteiger partial charge is 0.382 e. The highest BCUT2D eigenvalue weighted by Crippen LogP contribution is 2.19. The van der Waals surface area contributed by atoms with Crippen molar-refractivity contribution in [3.63, 3.8) is 0 Å². The average Bonchev–Trinajstić information content (AvgIpc) is 2.48. The van der Waals surface area contributed by atoms with Gasteiger partial charge in [-0.2, -0.15) is 0 Å². The zero-order valence-corrected chi connectivity index (χ0v) is 13.2. The van der Waals surface area contributed by atoms with E-state index in [1.165, 1.54) is 6.07 Å². The van der Waals surface area contributed by atoms with Gasteiger partial charge in [-0.3, -0.25) is 4.79 Å². The molecule has 0 bridgehead atoms. The highest BCUT2D eigenvalue weighted by molar-refractivity contribution is 5.99. The molecule has 0 heterocycles. The molecule has 1 amide bonds. The third kappa shape index (κ3) is 5.34. The van der Waals surface area contributed by atoms with E-state index in [-0.39, 0.29) is 11.6 Å². The fraction of sp³-hybridized carbons (Fsp3) is 0.562. The van der Waals surface area contributed by atoms with Crippen LogP contribution in [0.25, 0.3) is 0 Å². The van der Waals surface area contributed by atoms with Gasteiger partial charge in [0.2, 0.25) is 0 Å². The SMILES string of the molecule is CCCN(CC)CCNC(=O)c1cccc(F)c1NCC. The Bertz CT molecular complexity index is 451. The van der Waals surface area contributed by atoms with E-state index in [0.717, 1.165) is 26.1 Å². The summed E-state index contributed by atoms with van der Waals surface area (Å²) in [5, 5.41) is 5.77. The molecule has 0 saturated heterocycles. The van der Waals surface area contributed by atoms with Gasteiger partial charge in [-0.05, 0) is 38.6 Å². The molecule has 0 unspecified atom stereocenters. The first-order chi connectivity index (χ1) is 10.1. The van der Waals surface area contributed by atoms with Crippen molar-refractivity contribution in [2.24, 2.45) is 0 Å².